The summed E-state index contributed by atoms with van der Waals surface area (Å²) in [6, 6.07) is 7.43. The molecule has 2 aliphatic heterocycles. The van der Waals surface area contributed by atoms with Gasteiger partial charge in [0, 0.05) is 36.4 Å². The van der Waals surface area contributed by atoms with Crippen LogP contribution in [0, 0.1) is 0 Å². The van der Waals surface area contributed by atoms with Gasteiger partial charge in [-0.15, -0.1) is 5.06 Å². The fourth-order valence-electron chi connectivity index (χ4n) is 6.50. The highest BCUT2D eigenvalue weighted by Gasteiger charge is 2.52. The second-order valence-electron chi connectivity index (χ2n) is 12.5. The van der Waals surface area contributed by atoms with Crippen molar-refractivity contribution >= 4 is 11.9 Å². The molecule has 184 valence electrons. The minimum atomic E-state index is -0.938. The highest BCUT2D eigenvalue weighted by molar-refractivity contribution is 5.91. The lowest BCUT2D eigenvalue weighted by Gasteiger charge is -2.52. The number of nitrogens with one attached hydrogen (secondary N) is 1. The molecule has 1 aromatic carbocycles. The molecule has 0 saturated carbocycles. The molecule has 33 heavy (non-hydrogen) atoms. The maximum atomic E-state index is 13.7. The van der Waals surface area contributed by atoms with Gasteiger partial charge in [0.1, 0.15) is 5.60 Å². The van der Waals surface area contributed by atoms with Gasteiger partial charge in [0.25, 0.3) is 0 Å². The molecule has 0 amide bonds. The Morgan fingerprint density at radius 3 is 1.91 bits per heavy atom. The maximum absolute atomic E-state index is 13.7. The molecule has 0 atom stereocenters. The van der Waals surface area contributed by atoms with Gasteiger partial charge in [-0.25, -0.2) is 4.79 Å². The number of hydroxylamine groups is 2. The first-order valence-corrected chi connectivity index (χ1v) is 12.1. The zero-order valence-corrected chi connectivity index (χ0v) is 21.9. The summed E-state index contributed by atoms with van der Waals surface area (Å²) >= 11 is 0. The van der Waals surface area contributed by atoms with Crippen LogP contribution in [-0.4, -0.2) is 39.2 Å². The van der Waals surface area contributed by atoms with E-state index in [-0.39, 0.29) is 28.1 Å². The molecule has 0 unspecified atom stereocenters. The smallest absolute Gasteiger partial charge is 0.357 e. The van der Waals surface area contributed by atoms with E-state index >= 15 is 0 Å². The molecule has 6 nitrogen and oxygen atoms in total. The first kappa shape index (κ1) is 25.7. The van der Waals surface area contributed by atoms with E-state index in [1.165, 1.54) is 6.92 Å². The van der Waals surface area contributed by atoms with Gasteiger partial charge in [-0.05, 0) is 80.7 Å². The maximum Gasteiger partial charge on any atom is 0.357 e. The molecular weight excluding hydrogens is 416 g/mol. The third kappa shape index (κ3) is 5.43. The molecule has 0 aliphatic carbocycles. The molecule has 2 aliphatic rings. The van der Waals surface area contributed by atoms with E-state index in [1.807, 2.05) is 23.3 Å². The summed E-state index contributed by atoms with van der Waals surface area (Å²) in [5.74, 6) is -0.765. The molecule has 0 aromatic heterocycles. The minimum Gasteiger partial charge on any atom is -0.454 e. The number of benzene rings is 1. The number of piperidine rings is 2. The molecule has 0 radical (unpaired) electrons. The number of rotatable bonds is 4. The number of hydrogen-bond donors (Lipinski definition) is 1. The van der Waals surface area contributed by atoms with Crippen LogP contribution in [0.2, 0.25) is 0 Å². The lowest BCUT2D eigenvalue weighted by molar-refractivity contribution is -0.241. The van der Waals surface area contributed by atoms with Crippen LogP contribution in [0.25, 0.3) is 0 Å². The van der Waals surface area contributed by atoms with Crippen LogP contribution in [0.4, 0.5) is 0 Å². The van der Waals surface area contributed by atoms with Crippen molar-refractivity contribution in [1.82, 2.24) is 10.4 Å². The summed E-state index contributed by atoms with van der Waals surface area (Å²) in [5, 5.41) is 5.52. The van der Waals surface area contributed by atoms with Crippen LogP contribution in [-0.2, 0) is 20.0 Å². The van der Waals surface area contributed by atoms with Crippen molar-refractivity contribution in [2.24, 2.45) is 0 Å². The van der Waals surface area contributed by atoms with E-state index in [0.717, 1.165) is 19.3 Å². The van der Waals surface area contributed by atoms with Gasteiger partial charge in [-0.1, -0.05) is 18.2 Å². The van der Waals surface area contributed by atoms with Crippen LogP contribution < -0.4 is 5.32 Å². The third-order valence-electron chi connectivity index (χ3n) is 6.96. The molecule has 0 bridgehead atoms. The van der Waals surface area contributed by atoms with E-state index < -0.39 is 11.6 Å². The predicted molar refractivity (Wildman–Crippen MR) is 130 cm³/mol. The van der Waals surface area contributed by atoms with Gasteiger partial charge in [0.2, 0.25) is 0 Å². The molecule has 1 aromatic rings. The Balaban J connectivity index is 2.06. The van der Waals surface area contributed by atoms with E-state index in [9.17, 15) is 9.59 Å². The first-order valence-electron chi connectivity index (χ1n) is 12.1. The van der Waals surface area contributed by atoms with Crippen molar-refractivity contribution in [3.05, 3.63) is 35.4 Å². The zero-order chi connectivity index (χ0) is 24.9. The minimum absolute atomic E-state index is 0.265. The number of carbonyl (C=O) groups excluding carboxylic acids is 2. The van der Waals surface area contributed by atoms with Gasteiger partial charge < -0.3 is 14.9 Å². The molecule has 2 heterocycles. The topological polar surface area (TPSA) is 67.9 Å². The Morgan fingerprint density at radius 1 is 0.879 bits per heavy atom. The van der Waals surface area contributed by atoms with Crippen molar-refractivity contribution < 1.29 is 19.2 Å². The number of esters is 1. The molecule has 3 rings (SSSR count). The first-order chi connectivity index (χ1) is 15.0. The van der Waals surface area contributed by atoms with Gasteiger partial charge >= 0.3 is 11.9 Å². The van der Waals surface area contributed by atoms with E-state index in [1.54, 1.807) is 6.07 Å². The second-order valence-corrected chi connectivity index (χ2v) is 12.5. The van der Waals surface area contributed by atoms with Gasteiger partial charge in [-0.2, -0.15) is 0 Å². The van der Waals surface area contributed by atoms with Crippen molar-refractivity contribution in [2.75, 3.05) is 0 Å². The van der Waals surface area contributed by atoms with Gasteiger partial charge in [0.15, 0.2) is 0 Å². The van der Waals surface area contributed by atoms with Crippen LogP contribution in [0.5, 0.6) is 0 Å². The molecule has 2 saturated heterocycles. The monoisotopic (exact) mass is 458 g/mol. The van der Waals surface area contributed by atoms with E-state index in [4.69, 9.17) is 9.57 Å². The number of nitrogens with zero attached hydrogens (tertiary/aromatic N) is 1. The normalized spacial score (nSPS) is 25.1. The molecule has 0 spiro atoms. The predicted octanol–water partition coefficient (Wildman–Crippen LogP) is 5.50. The van der Waals surface area contributed by atoms with E-state index in [0.29, 0.717) is 24.0 Å². The molecular formula is C27H42N2O4. The Kier molecular flexibility index (Phi) is 6.53. The summed E-state index contributed by atoms with van der Waals surface area (Å²) in [6.45, 7) is 18.3. The Morgan fingerprint density at radius 2 is 1.39 bits per heavy atom. The Hall–Kier alpha value is -1.92. The molecule has 1 N–H and O–H groups in total. The fraction of sp³-hybridized carbons (Fsp3) is 0.704. The van der Waals surface area contributed by atoms with Crippen molar-refractivity contribution in [3.63, 3.8) is 0 Å². The molecule has 2 fully saturated rings. The standard InChI is InChI=1S/C27H42N2O4/c1-19(30)32-27(17-23(2,3)28-24(4,5)18-27)21-14-11-10-13-20(21)22(31)33-29-25(6,7)15-12-16-26(29,8)9/h10-11,13-14,28H,12,15-18H2,1-9H3. The number of ether oxygens (including phenoxy) is 1. The fourth-order valence-corrected chi connectivity index (χ4v) is 6.50. The highest BCUT2D eigenvalue weighted by atomic mass is 16.7. The largest absolute Gasteiger partial charge is 0.454 e. The SMILES string of the molecule is CC(=O)OC1(c2ccccc2C(=O)ON2C(C)(C)CCCC2(C)C)CC(C)(C)NC(C)(C)C1. The highest BCUT2D eigenvalue weighted by Crippen LogP contribution is 2.47. The van der Waals surface area contributed by atoms with Crippen molar-refractivity contribution in [3.8, 4) is 0 Å². The van der Waals surface area contributed by atoms with Gasteiger partial charge in [-0.3, -0.25) is 4.79 Å². The number of hydrogen-bond acceptors (Lipinski definition) is 6. The van der Waals surface area contributed by atoms with Crippen LogP contribution in [0.3, 0.4) is 0 Å². The lowest BCUT2D eigenvalue weighted by Crippen LogP contribution is -2.63. The Bertz CT molecular complexity index is 884. The van der Waals surface area contributed by atoms with Crippen LogP contribution in [0.15, 0.2) is 24.3 Å². The summed E-state index contributed by atoms with van der Waals surface area (Å²) in [4.78, 5) is 32.1. The van der Waals surface area contributed by atoms with Crippen LogP contribution in [0.1, 0.15) is 110 Å². The van der Waals surface area contributed by atoms with Crippen LogP contribution >= 0.6 is 0 Å². The van der Waals surface area contributed by atoms with E-state index in [2.05, 4.69) is 60.7 Å². The summed E-state index contributed by atoms with van der Waals surface area (Å²) in [6.07, 6.45) is 4.10. The molecule has 6 heteroatoms. The third-order valence-corrected chi connectivity index (χ3v) is 6.96. The summed E-state index contributed by atoms with van der Waals surface area (Å²) in [5.41, 5.74) is -0.912. The zero-order valence-electron chi connectivity index (χ0n) is 21.9. The quantitative estimate of drug-likeness (QED) is 0.601. The van der Waals surface area contributed by atoms with Crippen molar-refractivity contribution in [1.29, 1.82) is 0 Å². The second kappa shape index (κ2) is 8.38. The van der Waals surface area contributed by atoms with Crippen molar-refractivity contribution in [2.45, 2.75) is 122 Å². The Labute approximate surface area is 199 Å². The average Bonchev–Trinajstić information content (AvgIpc) is 2.61. The van der Waals surface area contributed by atoms with Gasteiger partial charge in [0.05, 0.1) is 16.6 Å². The summed E-state index contributed by atoms with van der Waals surface area (Å²) in [7, 11) is 0. The number of carbonyl (C=O) groups is 2. The summed E-state index contributed by atoms with van der Waals surface area (Å²) < 4.78 is 6.10. The average molecular weight is 459 g/mol. The lowest BCUT2D eigenvalue weighted by atomic mass is 9.69.